The first-order chi connectivity index (χ1) is 12.6. The minimum Gasteiger partial charge on any atom is -0.470 e. The molecule has 0 saturated carbocycles. The zero-order chi connectivity index (χ0) is 18.1. The Bertz CT molecular complexity index is 760. The van der Waals surface area contributed by atoms with Crippen molar-refractivity contribution < 1.29 is 22.6 Å². The SMILES string of the molecule is FC(F)Oc1cc(Nc2cncc(O[C@@H]3C[C@@H]4CC[C@@H](N4)[C@@H]3F)n2)[nH]n1. The van der Waals surface area contributed by atoms with Crippen molar-refractivity contribution in [2.45, 2.75) is 50.2 Å². The highest BCUT2D eigenvalue weighted by molar-refractivity contribution is 5.52. The van der Waals surface area contributed by atoms with Gasteiger partial charge in [0, 0.05) is 24.6 Å². The van der Waals surface area contributed by atoms with E-state index in [0.29, 0.717) is 12.2 Å². The summed E-state index contributed by atoms with van der Waals surface area (Å²) in [7, 11) is 0. The van der Waals surface area contributed by atoms with Crippen LogP contribution >= 0.6 is 0 Å². The van der Waals surface area contributed by atoms with E-state index >= 15 is 0 Å². The van der Waals surface area contributed by atoms with Gasteiger partial charge in [0.25, 0.3) is 0 Å². The van der Waals surface area contributed by atoms with Crippen LogP contribution in [-0.4, -0.2) is 51.1 Å². The van der Waals surface area contributed by atoms with Gasteiger partial charge in [0.15, 0.2) is 12.0 Å². The second kappa shape index (κ2) is 6.98. The van der Waals surface area contributed by atoms with Gasteiger partial charge in [-0.3, -0.25) is 10.1 Å². The predicted molar refractivity (Wildman–Crippen MR) is 84.4 cm³/mol. The molecule has 4 heterocycles. The summed E-state index contributed by atoms with van der Waals surface area (Å²) >= 11 is 0. The molecule has 0 aliphatic carbocycles. The van der Waals surface area contributed by atoms with Crippen LogP contribution in [0.3, 0.4) is 0 Å². The van der Waals surface area contributed by atoms with Gasteiger partial charge >= 0.3 is 6.61 Å². The first kappa shape index (κ1) is 16.9. The van der Waals surface area contributed by atoms with E-state index in [-0.39, 0.29) is 29.7 Å². The second-order valence-electron chi connectivity index (χ2n) is 6.25. The molecule has 26 heavy (non-hydrogen) atoms. The number of ether oxygens (including phenoxy) is 2. The molecule has 0 unspecified atom stereocenters. The first-order valence-electron chi connectivity index (χ1n) is 8.23. The minimum atomic E-state index is -2.96. The monoisotopic (exact) mass is 370 g/mol. The van der Waals surface area contributed by atoms with Crippen LogP contribution in [0.1, 0.15) is 19.3 Å². The third-order valence-corrected chi connectivity index (χ3v) is 4.44. The minimum absolute atomic E-state index is 0.175. The molecule has 0 spiro atoms. The molecule has 2 bridgehead atoms. The highest BCUT2D eigenvalue weighted by Gasteiger charge is 2.43. The number of H-pyrrole nitrogens is 1. The zero-order valence-electron chi connectivity index (χ0n) is 13.5. The Morgan fingerprint density at radius 3 is 2.96 bits per heavy atom. The summed E-state index contributed by atoms with van der Waals surface area (Å²) in [6.07, 6.45) is 3.47. The van der Waals surface area contributed by atoms with Crippen LogP contribution in [0.5, 0.6) is 11.8 Å². The van der Waals surface area contributed by atoms with Crippen LogP contribution in [0.25, 0.3) is 0 Å². The number of rotatable bonds is 6. The number of fused-ring (bicyclic) bond motifs is 2. The fourth-order valence-electron chi connectivity index (χ4n) is 3.35. The Balaban J connectivity index is 1.41. The van der Waals surface area contributed by atoms with E-state index in [2.05, 4.69) is 35.5 Å². The molecular formula is C15H17F3N6O2. The highest BCUT2D eigenvalue weighted by atomic mass is 19.3. The number of piperidine rings is 1. The Labute approximate surface area is 146 Å². The van der Waals surface area contributed by atoms with E-state index in [1.165, 1.54) is 18.5 Å². The maximum absolute atomic E-state index is 14.4. The number of aromatic amines is 1. The quantitative estimate of drug-likeness (QED) is 0.717. The number of nitrogens with zero attached hydrogens (tertiary/aromatic N) is 3. The predicted octanol–water partition coefficient (Wildman–Crippen LogP) is 2.15. The van der Waals surface area contributed by atoms with Gasteiger partial charge in [0.05, 0.1) is 12.4 Å². The number of alkyl halides is 3. The van der Waals surface area contributed by atoms with Gasteiger partial charge in [0.2, 0.25) is 11.8 Å². The van der Waals surface area contributed by atoms with E-state index in [1.807, 2.05) is 0 Å². The van der Waals surface area contributed by atoms with Crippen molar-refractivity contribution in [3.8, 4) is 11.8 Å². The van der Waals surface area contributed by atoms with Crippen LogP contribution < -0.4 is 20.1 Å². The van der Waals surface area contributed by atoms with E-state index in [4.69, 9.17) is 4.74 Å². The van der Waals surface area contributed by atoms with Gasteiger partial charge in [-0.1, -0.05) is 0 Å². The molecular weight excluding hydrogens is 353 g/mol. The van der Waals surface area contributed by atoms with Crippen molar-refractivity contribution >= 4 is 11.6 Å². The maximum atomic E-state index is 14.4. The number of hydrogen-bond acceptors (Lipinski definition) is 7. The molecule has 2 aliphatic rings. The molecule has 2 aromatic heterocycles. The van der Waals surface area contributed by atoms with Crippen molar-refractivity contribution in [3.63, 3.8) is 0 Å². The lowest BCUT2D eigenvalue weighted by Gasteiger charge is -2.32. The second-order valence-corrected chi connectivity index (χ2v) is 6.25. The van der Waals surface area contributed by atoms with E-state index < -0.39 is 18.9 Å². The number of aromatic nitrogens is 4. The van der Waals surface area contributed by atoms with Crippen LogP contribution in [-0.2, 0) is 0 Å². The molecule has 140 valence electrons. The molecule has 0 amide bonds. The number of nitrogens with one attached hydrogen (secondary N) is 3. The normalized spacial score (nSPS) is 27.5. The van der Waals surface area contributed by atoms with Crippen LogP contribution in [0.2, 0.25) is 0 Å². The molecule has 2 saturated heterocycles. The van der Waals surface area contributed by atoms with Crippen molar-refractivity contribution in [1.29, 1.82) is 0 Å². The Hall–Kier alpha value is -2.56. The van der Waals surface area contributed by atoms with Gasteiger partial charge in [0.1, 0.15) is 11.9 Å². The molecule has 11 heteroatoms. The standard InChI is InChI=1S/C15H17F3N6O2/c16-14-8-2-1-7(20-8)3-9(14)25-13-6-19-5-11(22-13)21-10-4-12(24-23-10)26-15(17)18/h4-9,14-15,20H,1-3H2,(H2,21,22,23,24)/t7-,8+,9+,14-/m0/s1. The maximum Gasteiger partial charge on any atom is 0.388 e. The Morgan fingerprint density at radius 2 is 2.12 bits per heavy atom. The van der Waals surface area contributed by atoms with Gasteiger partial charge in [-0.2, -0.15) is 13.8 Å². The lowest BCUT2D eigenvalue weighted by Crippen LogP contribution is -2.51. The highest BCUT2D eigenvalue weighted by Crippen LogP contribution is 2.31. The topological polar surface area (TPSA) is 97.0 Å². The molecule has 4 rings (SSSR count). The lowest BCUT2D eigenvalue weighted by molar-refractivity contribution is -0.0528. The van der Waals surface area contributed by atoms with Crippen molar-refractivity contribution in [2.24, 2.45) is 0 Å². The average Bonchev–Trinajstić information content (AvgIpc) is 3.20. The molecule has 8 nitrogen and oxygen atoms in total. The summed E-state index contributed by atoms with van der Waals surface area (Å²) < 4.78 is 48.6. The van der Waals surface area contributed by atoms with E-state index in [9.17, 15) is 13.2 Å². The molecule has 0 aromatic carbocycles. The Morgan fingerprint density at radius 1 is 1.23 bits per heavy atom. The van der Waals surface area contributed by atoms with Crippen LogP contribution in [0, 0.1) is 0 Å². The smallest absolute Gasteiger partial charge is 0.388 e. The summed E-state index contributed by atoms with van der Waals surface area (Å²) in [6, 6.07) is 1.35. The van der Waals surface area contributed by atoms with Gasteiger partial charge in [-0.15, -0.1) is 5.10 Å². The number of halogens is 3. The van der Waals surface area contributed by atoms with Crippen molar-refractivity contribution in [3.05, 3.63) is 18.5 Å². The van der Waals surface area contributed by atoms with Gasteiger partial charge < -0.3 is 20.1 Å². The summed E-state index contributed by atoms with van der Waals surface area (Å²) in [5, 5.41) is 12.1. The van der Waals surface area contributed by atoms with Crippen molar-refractivity contribution in [1.82, 2.24) is 25.5 Å². The Kier molecular flexibility index (Phi) is 4.53. The molecule has 2 aromatic rings. The molecule has 2 fully saturated rings. The van der Waals surface area contributed by atoms with Crippen LogP contribution in [0.4, 0.5) is 24.8 Å². The molecule has 2 aliphatic heterocycles. The van der Waals surface area contributed by atoms with Gasteiger partial charge in [-0.05, 0) is 12.8 Å². The number of anilines is 2. The van der Waals surface area contributed by atoms with Crippen molar-refractivity contribution in [2.75, 3.05) is 5.32 Å². The summed E-state index contributed by atoms with van der Waals surface area (Å²) in [5.41, 5.74) is 0. The number of hydrogen-bond donors (Lipinski definition) is 3. The average molecular weight is 370 g/mol. The molecule has 0 radical (unpaired) electrons. The van der Waals surface area contributed by atoms with Crippen LogP contribution in [0.15, 0.2) is 18.5 Å². The molecule has 4 atom stereocenters. The van der Waals surface area contributed by atoms with E-state index in [1.54, 1.807) is 0 Å². The summed E-state index contributed by atoms with van der Waals surface area (Å²) in [5.74, 6) is 0.512. The summed E-state index contributed by atoms with van der Waals surface area (Å²) in [4.78, 5) is 8.22. The zero-order valence-corrected chi connectivity index (χ0v) is 13.5. The fourth-order valence-corrected chi connectivity index (χ4v) is 3.35. The van der Waals surface area contributed by atoms with Gasteiger partial charge in [-0.25, -0.2) is 4.39 Å². The lowest BCUT2D eigenvalue weighted by atomic mass is 10.0. The largest absolute Gasteiger partial charge is 0.470 e. The molecule has 3 N–H and O–H groups in total. The first-order valence-corrected chi connectivity index (χ1v) is 8.23. The summed E-state index contributed by atoms with van der Waals surface area (Å²) in [6.45, 7) is -2.96. The third-order valence-electron chi connectivity index (χ3n) is 4.44. The fraction of sp³-hybridized carbons (Fsp3) is 0.533. The third kappa shape index (κ3) is 3.66. The van der Waals surface area contributed by atoms with E-state index in [0.717, 1.165) is 12.8 Å².